The molecule has 0 heterocycles. The Morgan fingerprint density at radius 2 is 1.77 bits per heavy atom. The average molecular weight is 493 g/mol. The first-order valence-electron chi connectivity index (χ1n) is 14.1. The number of hydrogen-bond donors (Lipinski definition) is 2. The Morgan fingerprint density at radius 1 is 1.06 bits per heavy atom. The molecule has 200 valence electrons. The van der Waals surface area contributed by atoms with E-state index in [-0.39, 0.29) is 58.6 Å². The molecule has 0 aromatic rings. The predicted molar refractivity (Wildman–Crippen MR) is 133 cm³/mol. The number of rotatable bonds is 6. The molecule has 0 amide bonds. The third-order valence-corrected chi connectivity index (χ3v) is 11.6. The van der Waals surface area contributed by atoms with Crippen LogP contribution < -0.4 is 0 Å². The van der Waals surface area contributed by atoms with E-state index in [9.17, 15) is 19.8 Å². The van der Waals surface area contributed by atoms with Gasteiger partial charge in [-0.15, -0.1) is 0 Å². The zero-order valence-corrected chi connectivity index (χ0v) is 22.7. The van der Waals surface area contributed by atoms with Crippen molar-refractivity contribution < 1.29 is 29.3 Å². The number of ether oxygens (including phenoxy) is 2. The Kier molecular flexibility index (Phi) is 7.66. The van der Waals surface area contributed by atoms with Gasteiger partial charge in [0, 0.05) is 13.3 Å². The molecule has 3 unspecified atom stereocenters. The molecular weight excluding hydrogens is 444 g/mol. The fourth-order valence-corrected chi connectivity index (χ4v) is 9.86. The number of carbonyl (C=O) groups is 2. The summed E-state index contributed by atoms with van der Waals surface area (Å²) in [6, 6.07) is 0. The van der Waals surface area contributed by atoms with Crippen LogP contribution >= 0.6 is 0 Å². The second kappa shape index (κ2) is 9.96. The summed E-state index contributed by atoms with van der Waals surface area (Å²) in [4.78, 5) is 23.4. The first kappa shape index (κ1) is 26.9. The van der Waals surface area contributed by atoms with Crippen LogP contribution in [0.2, 0.25) is 0 Å². The van der Waals surface area contributed by atoms with Gasteiger partial charge in [0.25, 0.3) is 0 Å². The fraction of sp³-hybridized carbons (Fsp3) is 0.931. The van der Waals surface area contributed by atoms with Crippen LogP contribution in [0.3, 0.4) is 0 Å². The van der Waals surface area contributed by atoms with Crippen molar-refractivity contribution in [3.05, 3.63) is 0 Å². The van der Waals surface area contributed by atoms with E-state index in [1.807, 2.05) is 0 Å². The third-order valence-electron chi connectivity index (χ3n) is 11.6. The summed E-state index contributed by atoms with van der Waals surface area (Å²) in [5.41, 5.74) is -0.202. The third kappa shape index (κ3) is 4.35. The Hall–Kier alpha value is -1.14. The molecule has 0 aromatic carbocycles. The van der Waals surface area contributed by atoms with Gasteiger partial charge in [-0.1, -0.05) is 34.1 Å². The van der Waals surface area contributed by atoms with Gasteiger partial charge in [0.1, 0.15) is 6.10 Å². The molecule has 0 aromatic heterocycles. The topological polar surface area (TPSA) is 93.1 Å². The highest BCUT2D eigenvalue weighted by atomic mass is 16.5. The number of fused-ring (bicyclic) bond motifs is 5. The van der Waals surface area contributed by atoms with E-state index in [0.717, 1.165) is 51.4 Å². The monoisotopic (exact) mass is 492 g/mol. The molecule has 6 heteroatoms. The molecule has 35 heavy (non-hydrogen) atoms. The lowest BCUT2D eigenvalue weighted by Crippen LogP contribution is -2.65. The number of carbonyl (C=O) groups excluding carboxylic acids is 2. The van der Waals surface area contributed by atoms with Crippen LogP contribution in [0.25, 0.3) is 0 Å². The second-order valence-electron chi connectivity index (χ2n) is 12.9. The Balaban J connectivity index is 1.61. The van der Waals surface area contributed by atoms with Crippen molar-refractivity contribution in [1.82, 2.24) is 0 Å². The van der Waals surface area contributed by atoms with Crippen LogP contribution in [-0.4, -0.2) is 47.6 Å². The maximum absolute atomic E-state index is 11.9. The van der Waals surface area contributed by atoms with Gasteiger partial charge in [-0.05, 0) is 97.2 Å². The molecule has 4 saturated carbocycles. The van der Waals surface area contributed by atoms with E-state index in [0.29, 0.717) is 24.2 Å². The summed E-state index contributed by atoms with van der Waals surface area (Å²) in [6.45, 7) is 10.6. The van der Waals surface area contributed by atoms with Crippen LogP contribution in [-0.2, 0) is 19.1 Å². The normalized spacial score (nSPS) is 47.7. The van der Waals surface area contributed by atoms with E-state index < -0.39 is 6.10 Å². The molecule has 0 radical (unpaired) electrons. The van der Waals surface area contributed by atoms with E-state index in [1.54, 1.807) is 0 Å². The van der Waals surface area contributed by atoms with Gasteiger partial charge in [0.15, 0.2) is 0 Å². The zero-order valence-electron chi connectivity index (χ0n) is 22.7. The van der Waals surface area contributed by atoms with Crippen LogP contribution in [0.4, 0.5) is 0 Å². The smallest absolute Gasteiger partial charge is 0.305 e. The minimum atomic E-state index is -0.407. The Morgan fingerprint density at radius 3 is 2.40 bits per heavy atom. The summed E-state index contributed by atoms with van der Waals surface area (Å²) in [5.74, 6) is 1.52. The highest BCUT2D eigenvalue weighted by Crippen LogP contribution is 2.69. The first-order valence-corrected chi connectivity index (χ1v) is 14.1. The van der Waals surface area contributed by atoms with Crippen molar-refractivity contribution in [1.29, 1.82) is 0 Å². The van der Waals surface area contributed by atoms with Gasteiger partial charge < -0.3 is 19.7 Å². The zero-order chi connectivity index (χ0) is 25.7. The highest BCUT2D eigenvalue weighted by molar-refractivity contribution is 5.69. The summed E-state index contributed by atoms with van der Waals surface area (Å²) in [5, 5.41) is 23.7. The molecule has 12 atom stereocenters. The van der Waals surface area contributed by atoms with Gasteiger partial charge >= 0.3 is 11.9 Å². The summed E-state index contributed by atoms with van der Waals surface area (Å²) in [7, 11) is 1.44. The average Bonchev–Trinajstić information content (AvgIpc) is 3.17. The van der Waals surface area contributed by atoms with Crippen LogP contribution in [0.15, 0.2) is 0 Å². The highest BCUT2D eigenvalue weighted by Gasteiger charge is 2.67. The molecule has 0 bridgehead atoms. The molecule has 0 aliphatic heterocycles. The summed E-state index contributed by atoms with van der Waals surface area (Å²) in [6.07, 6.45) is 6.74. The van der Waals surface area contributed by atoms with Gasteiger partial charge in [0.2, 0.25) is 0 Å². The van der Waals surface area contributed by atoms with Gasteiger partial charge in [-0.3, -0.25) is 9.59 Å². The lowest BCUT2D eigenvalue weighted by atomic mass is 9.41. The predicted octanol–water partition coefficient (Wildman–Crippen LogP) is 4.74. The molecule has 4 fully saturated rings. The van der Waals surface area contributed by atoms with E-state index in [1.165, 1.54) is 14.0 Å². The molecule has 4 aliphatic carbocycles. The lowest BCUT2D eigenvalue weighted by Gasteiger charge is -2.65. The number of methoxy groups -OCH3 is 1. The SMILES string of the molecule is CC[C@H]1[C@@H](O)C2C3CC[C@H]([C@H](C)CCC(=O)OC)[C@@]3(C)[C@@H](O)CC2[C@@]2(C)CC[C@@H](OC(C)=O)C[C@@H]12. The van der Waals surface area contributed by atoms with Crippen LogP contribution in [0.5, 0.6) is 0 Å². The minimum absolute atomic E-state index is 0.0398. The molecule has 6 nitrogen and oxygen atoms in total. The quantitative estimate of drug-likeness (QED) is 0.520. The van der Waals surface area contributed by atoms with Crippen molar-refractivity contribution in [2.24, 2.45) is 52.3 Å². The van der Waals surface area contributed by atoms with Crippen molar-refractivity contribution in [2.45, 2.75) is 111 Å². The van der Waals surface area contributed by atoms with Crippen molar-refractivity contribution in [2.75, 3.05) is 7.11 Å². The number of aliphatic hydroxyl groups is 2. The van der Waals surface area contributed by atoms with Crippen molar-refractivity contribution in [3.63, 3.8) is 0 Å². The second-order valence-corrected chi connectivity index (χ2v) is 12.9. The molecule has 4 rings (SSSR count). The lowest BCUT2D eigenvalue weighted by molar-refractivity contribution is -0.230. The Bertz CT molecular complexity index is 798. The van der Waals surface area contributed by atoms with Gasteiger partial charge in [0.05, 0.1) is 19.3 Å². The summed E-state index contributed by atoms with van der Waals surface area (Å²) >= 11 is 0. The number of esters is 2. The van der Waals surface area contributed by atoms with Crippen LogP contribution in [0, 0.1) is 52.3 Å². The summed E-state index contributed by atoms with van der Waals surface area (Å²) < 4.78 is 10.5. The van der Waals surface area contributed by atoms with E-state index >= 15 is 0 Å². The minimum Gasteiger partial charge on any atom is -0.469 e. The molecular formula is C29H48O6. The van der Waals surface area contributed by atoms with E-state index in [4.69, 9.17) is 9.47 Å². The molecule has 2 N–H and O–H groups in total. The fourth-order valence-electron chi connectivity index (χ4n) is 9.86. The van der Waals surface area contributed by atoms with Crippen LogP contribution in [0.1, 0.15) is 92.4 Å². The van der Waals surface area contributed by atoms with E-state index in [2.05, 4.69) is 27.7 Å². The molecule has 4 aliphatic rings. The van der Waals surface area contributed by atoms with Gasteiger partial charge in [-0.2, -0.15) is 0 Å². The van der Waals surface area contributed by atoms with Crippen molar-refractivity contribution >= 4 is 11.9 Å². The number of aliphatic hydroxyl groups excluding tert-OH is 2. The van der Waals surface area contributed by atoms with Crippen molar-refractivity contribution in [3.8, 4) is 0 Å². The Labute approximate surface area is 211 Å². The maximum atomic E-state index is 11.9. The molecule has 0 spiro atoms. The number of hydrogen-bond acceptors (Lipinski definition) is 6. The standard InChI is InChI=1S/C29H48O6/c1-7-19-22-14-18(35-17(3)30)12-13-28(22,4)23-15-24(31)29(5)20(16(2)8-11-25(32)34-6)9-10-21(29)26(23)27(19)33/h16,18-24,26-27,31,33H,7-15H2,1-6H3/t16-,18-,19-,20-,21?,22+,23?,24+,26?,27-,28+,29-/m1/s1. The van der Waals surface area contributed by atoms with Gasteiger partial charge in [-0.25, -0.2) is 0 Å². The largest absolute Gasteiger partial charge is 0.469 e. The first-order chi connectivity index (χ1) is 16.5. The maximum Gasteiger partial charge on any atom is 0.305 e. The molecule has 0 saturated heterocycles.